The summed E-state index contributed by atoms with van der Waals surface area (Å²) in [5.41, 5.74) is -3.02. The fraction of sp³-hybridized carbons (Fsp3) is 0.462. The highest BCUT2D eigenvalue weighted by Gasteiger charge is 2.47. The Morgan fingerprint density at radius 2 is 1.69 bits per heavy atom. The third-order valence-electron chi connectivity index (χ3n) is 10.2. The van der Waals surface area contributed by atoms with E-state index in [9.17, 15) is 37.1 Å². The maximum absolute atomic E-state index is 16.5. The summed E-state index contributed by atoms with van der Waals surface area (Å²) in [4.78, 5) is 41.6. The molecule has 1 aliphatic heterocycles. The highest BCUT2D eigenvalue weighted by Crippen LogP contribution is 2.52. The van der Waals surface area contributed by atoms with Crippen LogP contribution >= 0.6 is 0 Å². The van der Waals surface area contributed by atoms with Gasteiger partial charge in [-0.1, -0.05) is 19.8 Å². The fourth-order valence-electron chi connectivity index (χ4n) is 7.43. The van der Waals surface area contributed by atoms with Crippen LogP contribution in [0.3, 0.4) is 0 Å². The average Bonchev–Trinajstić information content (AvgIpc) is 3.67. The van der Waals surface area contributed by atoms with Gasteiger partial charge in [-0.2, -0.15) is 13.2 Å². The van der Waals surface area contributed by atoms with Crippen molar-refractivity contribution in [3.63, 3.8) is 0 Å². The monoisotopic (exact) mass is 729 g/mol. The number of hydrogen-bond donors (Lipinski definition) is 2. The minimum absolute atomic E-state index is 0.0524. The molecule has 1 aromatic heterocycles. The Balaban J connectivity index is 1.56. The summed E-state index contributed by atoms with van der Waals surface area (Å²) in [5.74, 6) is -3.93. The number of aromatic nitrogens is 1. The summed E-state index contributed by atoms with van der Waals surface area (Å²) in [7, 11) is 0. The van der Waals surface area contributed by atoms with E-state index in [1.54, 1.807) is 13.8 Å². The number of aryl methyl sites for hydroxylation is 2. The Kier molecular flexibility index (Phi) is 11.0. The Morgan fingerprint density at radius 1 is 1.04 bits per heavy atom. The molecule has 3 aromatic rings. The van der Waals surface area contributed by atoms with Crippen LogP contribution in [-0.2, 0) is 22.2 Å². The van der Waals surface area contributed by atoms with Gasteiger partial charge in [0.05, 0.1) is 23.6 Å². The Labute approximate surface area is 298 Å². The number of hydrogen-bond acceptors (Lipinski definition) is 4. The lowest BCUT2D eigenvalue weighted by atomic mass is 9.89. The van der Waals surface area contributed by atoms with Crippen LogP contribution in [0.25, 0.3) is 11.1 Å². The lowest BCUT2D eigenvalue weighted by Crippen LogP contribution is -2.41. The van der Waals surface area contributed by atoms with Gasteiger partial charge in [0.25, 0.3) is 5.56 Å². The summed E-state index contributed by atoms with van der Waals surface area (Å²) in [6.07, 6.45) is 3.72. The van der Waals surface area contributed by atoms with Gasteiger partial charge in [0.2, 0.25) is 5.91 Å². The first-order chi connectivity index (χ1) is 24.3. The van der Waals surface area contributed by atoms with Crippen LogP contribution < -0.4 is 10.9 Å². The number of carboxylic acid groups (broad SMARTS) is 1. The smallest absolute Gasteiger partial charge is 0.416 e. The zero-order chi connectivity index (χ0) is 38.3. The molecule has 5 rings (SSSR count). The molecule has 278 valence electrons. The molecule has 1 aliphatic carbocycles. The number of likely N-dealkylation sites (tertiary alicyclic amines) is 1. The number of nitrogens with zero attached hydrogens (tertiary/aromatic N) is 2. The SMILES string of the molecule is C#Cc1cc(-c2c(C)cc(F)cc2C)c(F)c([C@@H](CC(=O)O)NC(=O)[C@@H](CC(C)C)n2cc(CCN3CCC4(CC4)C3)c(C(F)(F)F)cc2=O)c1F. The van der Waals surface area contributed by atoms with E-state index in [-0.39, 0.29) is 52.0 Å². The molecule has 2 N–H and O–H groups in total. The van der Waals surface area contributed by atoms with Gasteiger partial charge < -0.3 is 19.9 Å². The van der Waals surface area contributed by atoms with Gasteiger partial charge in [-0.25, -0.2) is 13.2 Å². The molecular formula is C39H41F6N3O4. The predicted octanol–water partition coefficient (Wildman–Crippen LogP) is 7.50. The molecule has 2 fully saturated rings. The molecule has 1 saturated heterocycles. The van der Waals surface area contributed by atoms with Gasteiger partial charge in [-0.15, -0.1) is 6.42 Å². The average molecular weight is 730 g/mol. The topological polar surface area (TPSA) is 91.6 Å². The second-order valence-electron chi connectivity index (χ2n) is 14.6. The number of carbonyl (C=O) groups is 2. The standard InChI is InChI=1S/C39H41F6N3O4/c1-6-24-16-27(33-22(4)14-26(40)15-23(33)5)36(42)34(35(24)41)29(18-32(50)51)46-37(52)30(13-21(2)3)48-19-25(28(17-31(48)49)39(43,44)45)7-11-47-12-10-38(20-47)8-9-38/h1,14-17,19,21,29-30H,7-13,18,20H2,2-5H3,(H,46,52)(H,50,51)/t29-,30-/m1/s1. The van der Waals surface area contributed by atoms with Gasteiger partial charge in [0.15, 0.2) is 0 Å². The molecule has 52 heavy (non-hydrogen) atoms. The molecule has 1 spiro atoms. The maximum atomic E-state index is 16.5. The molecule has 0 radical (unpaired) electrons. The van der Waals surface area contributed by atoms with Gasteiger partial charge >= 0.3 is 12.1 Å². The number of carboxylic acids is 1. The van der Waals surface area contributed by atoms with Crippen molar-refractivity contribution in [1.82, 2.24) is 14.8 Å². The third kappa shape index (κ3) is 8.22. The van der Waals surface area contributed by atoms with E-state index in [4.69, 9.17) is 6.42 Å². The number of terminal acetylenes is 1. The zero-order valence-corrected chi connectivity index (χ0v) is 29.4. The Hall–Kier alpha value is -4.57. The molecule has 1 saturated carbocycles. The molecule has 2 aliphatic rings. The Bertz CT molecular complexity index is 1970. The highest BCUT2D eigenvalue weighted by molar-refractivity contribution is 5.82. The number of alkyl halides is 3. The van der Waals surface area contributed by atoms with E-state index in [0.29, 0.717) is 12.6 Å². The van der Waals surface area contributed by atoms with E-state index in [2.05, 4.69) is 16.1 Å². The number of nitrogens with one attached hydrogen (secondary N) is 1. The molecule has 0 unspecified atom stereocenters. The summed E-state index contributed by atoms with van der Waals surface area (Å²) >= 11 is 0. The van der Waals surface area contributed by atoms with Crippen LogP contribution in [0.2, 0.25) is 0 Å². The number of benzene rings is 2. The van der Waals surface area contributed by atoms with Crippen LogP contribution in [0, 0.1) is 55.0 Å². The fourth-order valence-corrected chi connectivity index (χ4v) is 7.43. The second-order valence-corrected chi connectivity index (χ2v) is 14.6. The van der Waals surface area contributed by atoms with E-state index in [1.165, 1.54) is 13.8 Å². The summed E-state index contributed by atoms with van der Waals surface area (Å²) in [6.45, 7) is 8.27. The first-order valence-corrected chi connectivity index (χ1v) is 17.2. The lowest BCUT2D eigenvalue weighted by molar-refractivity contribution is -0.139. The van der Waals surface area contributed by atoms with Crippen LogP contribution in [0.5, 0.6) is 0 Å². The van der Waals surface area contributed by atoms with Crippen molar-refractivity contribution in [3.05, 3.63) is 91.6 Å². The number of aliphatic carboxylic acids is 1. The summed E-state index contributed by atoms with van der Waals surface area (Å²) < 4.78 is 90.1. The van der Waals surface area contributed by atoms with Crippen molar-refractivity contribution in [2.45, 2.75) is 84.5 Å². The normalized spacial score (nSPS) is 16.6. The Morgan fingerprint density at radius 3 is 2.23 bits per heavy atom. The lowest BCUT2D eigenvalue weighted by Gasteiger charge is -2.27. The zero-order valence-electron chi connectivity index (χ0n) is 29.4. The van der Waals surface area contributed by atoms with Crippen molar-refractivity contribution in [2.75, 3.05) is 19.6 Å². The van der Waals surface area contributed by atoms with Crippen LogP contribution in [0.1, 0.15) is 91.4 Å². The molecule has 7 nitrogen and oxygen atoms in total. The quantitative estimate of drug-likeness (QED) is 0.149. The van der Waals surface area contributed by atoms with Gasteiger partial charge in [0.1, 0.15) is 23.5 Å². The van der Waals surface area contributed by atoms with Gasteiger partial charge in [-0.05, 0) is 104 Å². The number of amides is 1. The van der Waals surface area contributed by atoms with Crippen molar-refractivity contribution in [3.8, 4) is 23.5 Å². The van der Waals surface area contributed by atoms with Crippen LogP contribution in [0.15, 0.2) is 35.3 Å². The maximum Gasteiger partial charge on any atom is 0.416 e. The number of halogens is 6. The van der Waals surface area contributed by atoms with Crippen LogP contribution in [-0.4, -0.2) is 46.1 Å². The molecule has 1 amide bonds. The number of carbonyl (C=O) groups excluding carboxylic acids is 1. The minimum atomic E-state index is -4.85. The van der Waals surface area contributed by atoms with E-state index in [0.717, 1.165) is 61.3 Å². The minimum Gasteiger partial charge on any atom is -0.481 e. The molecule has 2 aromatic carbocycles. The third-order valence-corrected chi connectivity index (χ3v) is 10.2. The van der Waals surface area contributed by atoms with Crippen molar-refractivity contribution >= 4 is 11.9 Å². The van der Waals surface area contributed by atoms with Crippen molar-refractivity contribution < 1.29 is 41.0 Å². The van der Waals surface area contributed by atoms with Gasteiger partial charge in [-0.3, -0.25) is 14.4 Å². The first kappa shape index (κ1) is 38.7. The van der Waals surface area contributed by atoms with Crippen molar-refractivity contribution in [1.29, 1.82) is 0 Å². The molecule has 2 atom stereocenters. The number of pyridine rings is 1. The van der Waals surface area contributed by atoms with E-state index in [1.807, 2.05) is 0 Å². The summed E-state index contributed by atoms with van der Waals surface area (Å²) in [5, 5.41) is 12.2. The molecule has 0 bridgehead atoms. The molecule has 2 heterocycles. The second kappa shape index (κ2) is 14.8. The molecule has 13 heteroatoms. The highest BCUT2D eigenvalue weighted by atomic mass is 19.4. The van der Waals surface area contributed by atoms with Gasteiger partial charge in [0, 0.05) is 36.5 Å². The first-order valence-electron chi connectivity index (χ1n) is 17.2. The predicted molar refractivity (Wildman–Crippen MR) is 183 cm³/mol. The van der Waals surface area contributed by atoms with E-state index >= 15 is 8.78 Å². The molecular weight excluding hydrogens is 688 g/mol. The number of rotatable bonds is 12. The van der Waals surface area contributed by atoms with Crippen molar-refractivity contribution in [2.24, 2.45) is 11.3 Å². The largest absolute Gasteiger partial charge is 0.481 e. The van der Waals surface area contributed by atoms with Crippen LogP contribution in [0.4, 0.5) is 26.3 Å². The summed E-state index contributed by atoms with van der Waals surface area (Å²) in [6, 6.07) is 0.415. The van der Waals surface area contributed by atoms with E-state index < -0.39 is 76.3 Å².